The van der Waals surface area contributed by atoms with Gasteiger partial charge in [-0.05, 0) is 19.4 Å². The summed E-state index contributed by atoms with van der Waals surface area (Å²) in [5.74, 6) is 0.235. The second-order valence-corrected chi connectivity index (χ2v) is 5.13. The Morgan fingerprint density at radius 3 is 2.44 bits per heavy atom. The van der Waals surface area contributed by atoms with Crippen molar-refractivity contribution < 1.29 is 0 Å². The first-order chi connectivity index (χ1) is 7.72. The molecule has 0 bridgehead atoms. The van der Waals surface area contributed by atoms with Crippen LogP contribution in [0.3, 0.4) is 0 Å². The van der Waals surface area contributed by atoms with Crippen LogP contribution in [0.4, 0.5) is 0 Å². The Labute approximate surface area is 100 Å². The first kappa shape index (κ1) is 11.3. The quantitative estimate of drug-likeness (QED) is 0.883. The van der Waals surface area contributed by atoms with Gasteiger partial charge < -0.3 is 5.73 Å². The second kappa shape index (κ2) is 4.76. The predicted octanol–water partition coefficient (Wildman–Crippen LogP) is 2.85. The molecule has 0 saturated carbocycles. The van der Waals surface area contributed by atoms with Crippen LogP contribution in [0.25, 0.3) is 0 Å². The van der Waals surface area contributed by atoms with E-state index in [-0.39, 0.29) is 5.92 Å². The minimum atomic E-state index is 0.235. The van der Waals surface area contributed by atoms with Crippen molar-refractivity contribution in [1.82, 2.24) is 4.98 Å². The summed E-state index contributed by atoms with van der Waals surface area (Å²) in [5.41, 5.74) is 8.23. The summed E-state index contributed by atoms with van der Waals surface area (Å²) >= 11 is 1.75. The number of thiazole rings is 1. The molecule has 0 saturated heterocycles. The highest BCUT2D eigenvalue weighted by Crippen LogP contribution is 2.28. The Morgan fingerprint density at radius 2 is 1.94 bits per heavy atom. The molecule has 2 N–H and O–H groups in total. The van der Waals surface area contributed by atoms with E-state index >= 15 is 0 Å². The van der Waals surface area contributed by atoms with Gasteiger partial charge in [-0.1, -0.05) is 30.3 Å². The van der Waals surface area contributed by atoms with E-state index in [4.69, 9.17) is 5.73 Å². The van der Waals surface area contributed by atoms with E-state index in [1.165, 1.54) is 10.4 Å². The molecule has 2 rings (SSSR count). The maximum Gasteiger partial charge on any atom is 0.102 e. The van der Waals surface area contributed by atoms with E-state index in [0.29, 0.717) is 6.54 Å². The lowest BCUT2D eigenvalue weighted by atomic mass is 10.0. The number of hydrogen-bond acceptors (Lipinski definition) is 3. The zero-order valence-electron chi connectivity index (χ0n) is 9.60. The standard InChI is InChI=1S/C13H16N2S/c1-9-10(2)16-13(15-9)12(8-14)11-6-4-3-5-7-11/h3-7,12H,8,14H2,1-2H3. The van der Waals surface area contributed by atoms with E-state index in [9.17, 15) is 0 Å². The number of nitrogens with two attached hydrogens (primary N) is 1. The molecule has 1 aromatic carbocycles. The van der Waals surface area contributed by atoms with Crippen LogP contribution in [0.2, 0.25) is 0 Å². The second-order valence-electron chi connectivity index (χ2n) is 3.89. The van der Waals surface area contributed by atoms with Crippen LogP contribution < -0.4 is 5.73 Å². The highest BCUT2D eigenvalue weighted by Gasteiger charge is 2.16. The molecule has 0 spiro atoms. The lowest BCUT2D eigenvalue weighted by Crippen LogP contribution is -2.13. The average Bonchev–Trinajstić information content (AvgIpc) is 2.61. The zero-order chi connectivity index (χ0) is 11.5. The van der Waals surface area contributed by atoms with Crippen molar-refractivity contribution in [3.63, 3.8) is 0 Å². The summed E-state index contributed by atoms with van der Waals surface area (Å²) < 4.78 is 0. The molecule has 0 fully saturated rings. The van der Waals surface area contributed by atoms with Crippen LogP contribution in [-0.4, -0.2) is 11.5 Å². The van der Waals surface area contributed by atoms with Crippen molar-refractivity contribution >= 4 is 11.3 Å². The predicted molar refractivity (Wildman–Crippen MR) is 68.9 cm³/mol. The zero-order valence-corrected chi connectivity index (χ0v) is 10.4. The smallest absolute Gasteiger partial charge is 0.102 e. The van der Waals surface area contributed by atoms with Gasteiger partial charge in [0.25, 0.3) is 0 Å². The van der Waals surface area contributed by atoms with E-state index < -0.39 is 0 Å². The monoisotopic (exact) mass is 232 g/mol. The first-order valence-electron chi connectivity index (χ1n) is 5.41. The van der Waals surface area contributed by atoms with Crippen molar-refractivity contribution in [2.75, 3.05) is 6.54 Å². The fourth-order valence-electron chi connectivity index (χ4n) is 1.71. The minimum absolute atomic E-state index is 0.235. The van der Waals surface area contributed by atoms with Gasteiger partial charge >= 0.3 is 0 Å². The summed E-state index contributed by atoms with van der Waals surface area (Å²) in [6.07, 6.45) is 0. The molecule has 1 heterocycles. The van der Waals surface area contributed by atoms with Crippen molar-refractivity contribution in [3.05, 3.63) is 51.5 Å². The summed E-state index contributed by atoms with van der Waals surface area (Å²) in [6.45, 7) is 4.76. The van der Waals surface area contributed by atoms with Gasteiger partial charge in [0.1, 0.15) is 5.01 Å². The SMILES string of the molecule is Cc1nc(C(CN)c2ccccc2)sc1C. The van der Waals surface area contributed by atoms with Gasteiger partial charge in [0.2, 0.25) is 0 Å². The minimum Gasteiger partial charge on any atom is -0.329 e. The molecule has 0 aliphatic carbocycles. The summed E-state index contributed by atoms with van der Waals surface area (Å²) in [7, 11) is 0. The van der Waals surface area contributed by atoms with Gasteiger partial charge in [-0.3, -0.25) is 0 Å². The van der Waals surface area contributed by atoms with Gasteiger partial charge in [0, 0.05) is 17.3 Å². The normalized spacial score (nSPS) is 12.7. The molecule has 1 unspecified atom stereocenters. The molecular formula is C13H16N2S. The Hall–Kier alpha value is -1.19. The van der Waals surface area contributed by atoms with Crippen LogP contribution in [0.5, 0.6) is 0 Å². The Bertz CT molecular complexity index is 443. The summed E-state index contributed by atoms with van der Waals surface area (Å²) in [5, 5.41) is 1.13. The van der Waals surface area contributed by atoms with Crippen molar-refractivity contribution in [1.29, 1.82) is 0 Å². The van der Waals surface area contributed by atoms with Crippen LogP contribution in [0.1, 0.15) is 27.1 Å². The average molecular weight is 232 g/mol. The topological polar surface area (TPSA) is 38.9 Å². The molecule has 0 amide bonds. The molecule has 1 aromatic heterocycles. The third-order valence-corrected chi connectivity index (χ3v) is 3.97. The highest BCUT2D eigenvalue weighted by atomic mass is 32.1. The molecule has 3 heteroatoms. The summed E-state index contributed by atoms with van der Waals surface area (Å²) in [6, 6.07) is 10.3. The number of benzene rings is 1. The fraction of sp³-hybridized carbons (Fsp3) is 0.308. The molecular weight excluding hydrogens is 216 g/mol. The molecule has 16 heavy (non-hydrogen) atoms. The number of rotatable bonds is 3. The van der Waals surface area contributed by atoms with Crippen LogP contribution in [0.15, 0.2) is 30.3 Å². The molecule has 84 valence electrons. The van der Waals surface area contributed by atoms with Crippen molar-refractivity contribution in [2.24, 2.45) is 5.73 Å². The highest BCUT2D eigenvalue weighted by molar-refractivity contribution is 7.11. The van der Waals surface area contributed by atoms with E-state index in [1.807, 2.05) is 25.1 Å². The van der Waals surface area contributed by atoms with Gasteiger partial charge in [0.15, 0.2) is 0 Å². The lowest BCUT2D eigenvalue weighted by molar-refractivity contribution is 0.806. The fourth-order valence-corrected chi connectivity index (χ4v) is 2.78. The lowest BCUT2D eigenvalue weighted by Gasteiger charge is -2.11. The Morgan fingerprint density at radius 1 is 1.25 bits per heavy atom. The molecule has 2 nitrogen and oxygen atoms in total. The van der Waals surface area contributed by atoms with E-state index in [1.54, 1.807) is 11.3 Å². The number of aryl methyl sites for hydroxylation is 2. The van der Waals surface area contributed by atoms with E-state index in [2.05, 4.69) is 24.0 Å². The molecule has 0 aliphatic rings. The van der Waals surface area contributed by atoms with Crippen LogP contribution in [-0.2, 0) is 0 Å². The van der Waals surface area contributed by atoms with Crippen LogP contribution in [0, 0.1) is 13.8 Å². The van der Waals surface area contributed by atoms with Crippen molar-refractivity contribution in [3.8, 4) is 0 Å². The molecule has 2 aromatic rings. The van der Waals surface area contributed by atoms with Gasteiger partial charge in [-0.2, -0.15) is 0 Å². The van der Waals surface area contributed by atoms with E-state index in [0.717, 1.165) is 10.7 Å². The Balaban J connectivity index is 2.37. The number of nitrogens with zero attached hydrogens (tertiary/aromatic N) is 1. The third kappa shape index (κ3) is 2.15. The van der Waals surface area contributed by atoms with Gasteiger partial charge in [0.05, 0.1) is 5.69 Å². The Kier molecular flexibility index (Phi) is 3.36. The molecule has 1 atom stereocenters. The molecule has 0 radical (unpaired) electrons. The first-order valence-corrected chi connectivity index (χ1v) is 6.23. The maximum absolute atomic E-state index is 5.86. The maximum atomic E-state index is 5.86. The third-order valence-electron chi connectivity index (χ3n) is 2.78. The molecule has 0 aliphatic heterocycles. The number of hydrogen-bond donors (Lipinski definition) is 1. The van der Waals surface area contributed by atoms with Gasteiger partial charge in [-0.25, -0.2) is 4.98 Å². The van der Waals surface area contributed by atoms with Crippen molar-refractivity contribution in [2.45, 2.75) is 19.8 Å². The largest absolute Gasteiger partial charge is 0.329 e. The summed E-state index contributed by atoms with van der Waals surface area (Å²) in [4.78, 5) is 5.88. The van der Waals surface area contributed by atoms with Crippen LogP contribution >= 0.6 is 11.3 Å². The number of aromatic nitrogens is 1. The van der Waals surface area contributed by atoms with Gasteiger partial charge in [-0.15, -0.1) is 11.3 Å².